The van der Waals surface area contributed by atoms with E-state index in [4.69, 9.17) is 0 Å². The van der Waals surface area contributed by atoms with E-state index < -0.39 is 11.9 Å². The number of ether oxygens (including phenoxy) is 1. The molecule has 0 N–H and O–H groups in total. The van der Waals surface area contributed by atoms with Crippen molar-refractivity contribution in [3.8, 4) is 0 Å². The number of carbonyl (C=O) groups excluding carboxylic acids is 1. The van der Waals surface area contributed by atoms with Gasteiger partial charge in [0.05, 0.1) is 18.4 Å². The molecular weight excluding hydrogens is 173 g/mol. The molecule has 0 saturated carbocycles. The first kappa shape index (κ1) is 9.64. The Morgan fingerprint density at radius 1 is 1.54 bits per heavy atom. The summed E-state index contributed by atoms with van der Waals surface area (Å²) < 4.78 is 17.2. The molecule has 70 valence electrons. The molecule has 0 aromatic carbocycles. The summed E-state index contributed by atoms with van der Waals surface area (Å²) in [4.78, 5) is 14.7. The number of nitrogens with zero attached hydrogens (tertiary/aromatic N) is 1. The van der Waals surface area contributed by atoms with Crippen molar-refractivity contribution >= 4 is 5.97 Å². The number of esters is 1. The Kier molecular flexibility index (Phi) is 2.60. The van der Waals surface area contributed by atoms with Crippen LogP contribution in [0.4, 0.5) is 4.39 Å². The molecule has 3 nitrogen and oxygen atoms in total. The maximum absolute atomic E-state index is 12.7. The van der Waals surface area contributed by atoms with E-state index >= 15 is 0 Å². The third-order valence-corrected chi connectivity index (χ3v) is 1.76. The van der Waals surface area contributed by atoms with Crippen molar-refractivity contribution in [2.45, 2.75) is 13.8 Å². The molecule has 1 heterocycles. The number of methoxy groups -OCH3 is 1. The fourth-order valence-corrected chi connectivity index (χ4v) is 1.20. The normalized spacial score (nSPS) is 9.85. The Bertz CT molecular complexity index is 326. The molecule has 1 aromatic heterocycles. The van der Waals surface area contributed by atoms with Crippen LogP contribution in [0.1, 0.15) is 21.6 Å². The Balaban J connectivity index is 3.28. The van der Waals surface area contributed by atoms with Crippen molar-refractivity contribution in [1.82, 2.24) is 4.98 Å². The lowest BCUT2D eigenvalue weighted by atomic mass is 10.1. The summed E-state index contributed by atoms with van der Waals surface area (Å²) in [6, 6.07) is 1.21. The van der Waals surface area contributed by atoms with Crippen molar-refractivity contribution in [2.24, 2.45) is 0 Å². The van der Waals surface area contributed by atoms with Crippen LogP contribution in [0.3, 0.4) is 0 Å². The first-order chi connectivity index (χ1) is 6.06. The third kappa shape index (κ3) is 1.83. The fraction of sp³-hybridized carbons (Fsp3) is 0.333. The van der Waals surface area contributed by atoms with E-state index in [1.54, 1.807) is 13.8 Å². The minimum atomic E-state index is -0.581. The molecule has 0 aliphatic rings. The van der Waals surface area contributed by atoms with Gasteiger partial charge in [-0.1, -0.05) is 0 Å². The number of aromatic nitrogens is 1. The molecule has 0 radical (unpaired) electrons. The lowest BCUT2D eigenvalue weighted by Crippen LogP contribution is -2.08. The Morgan fingerprint density at radius 3 is 2.62 bits per heavy atom. The molecule has 0 aliphatic heterocycles. The van der Waals surface area contributed by atoms with Gasteiger partial charge >= 0.3 is 5.97 Å². The van der Waals surface area contributed by atoms with Crippen molar-refractivity contribution < 1.29 is 13.9 Å². The summed E-state index contributed by atoms with van der Waals surface area (Å²) in [5.74, 6) is -1.06. The molecule has 0 unspecified atom stereocenters. The van der Waals surface area contributed by atoms with Gasteiger partial charge in [0.15, 0.2) is 0 Å². The number of rotatable bonds is 1. The smallest absolute Gasteiger partial charge is 0.339 e. The lowest BCUT2D eigenvalue weighted by molar-refractivity contribution is 0.0598. The second kappa shape index (κ2) is 3.51. The van der Waals surface area contributed by atoms with E-state index in [9.17, 15) is 9.18 Å². The van der Waals surface area contributed by atoms with Gasteiger partial charge in [0.1, 0.15) is 0 Å². The monoisotopic (exact) mass is 183 g/mol. The summed E-state index contributed by atoms with van der Waals surface area (Å²) in [6.45, 7) is 3.21. The zero-order valence-corrected chi connectivity index (χ0v) is 7.72. The predicted molar refractivity (Wildman–Crippen MR) is 45.0 cm³/mol. The van der Waals surface area contributed by atoms with Crippen molar-refractivity contribution in [1.29, 1.82) is 0 Å². The summed E-state index contributed by atoms with van der Waals surface area (Å²) in [6.07, 6.45) is 0. The summed E-state index contributed by atoms with van der Waals surface area (Å²) in [5.41, 5.74) is 1.23. The number of hydrogen-bond acceptors (Lipinski definition) is 3. The average Bonchev–Trinajstić information content (AvgIpc) is 2.02. The molecule has 4 heteroatoms. The lowest BCUT2D eigenvalue weighted by Gasteiger charge is -2.05. The van der Waals surface area contributed by atoms with Gasteiger partial charge in [0.2, 0.25) is 5.95 Å². The molecule has 1 aromatic rings. The Morgan fingerprint density at radius 2 is 2.15 bits per heavy atom. The van der Waals surface area contributed by atoms with Gasteiger partial charge < -0.3 is 4.74 Å². The zero-order valence-electron chi connectivity index (χ0n) is 7.72. The van der Waals surface area contributed by atoms with E-state index in [0.29, 0.717) is 16.8 Å². The molecule has 0 bridgehead atoms. The van der Waals surface area contributed by atoms with E-state index in [1.165, 1.54) is 13.2 Å². The number of pyridine rings is 1. The summed E-state index contributed by atoms with van der Waals surface area (Å²) in [7, 11) is 1.28. The highest BCUT2D eigenvalue weighted by atomic mass is 19.1. The van der Waals surface area contributed by atoms with Gasteiger partial charge in [0.25, 0.3) is 0 Å². The van der Waals surface area contributed by atoms with Gasteiger partial charge in [-0.05, 0) is 25.5 Å². The average molecular weight is 183 g/mol. The van der Waals surface area contributed by atoms with Crippen LogP contribution in [0.5, 0.6) is 0 Å². The molecule has 0 aliphatic carbocycles. The first-order valence-electron chi connectivity index (χ1n) is 3.78. The zero-order chi connectivity index (χ0) is 10.0. The van der Waals surface area contributed by atoms with Crippen LogP contribution < -0.4 is 0 Å². The van der Waals surface area contributed by atoms with Crippen molar-refractivity contribution in [3.63, 3.8) is 0 Å². The van der Waals surface area contributed by atoms with Crippen LogP contribution in [-0.2, 0) is 4.74 Å². The van der Waals surface area contributed by atoms with Crippen molar-refractivity contribution in [2.75, 3.05) is 7.11 Å². The van der Waals surface area contributed by atoms with Gasteiger partial charge in [-0.15, -0.1) is 0 Å². The van der Waals surface area contributed by atoms with Crippen LogP contribution in [0, 0.1) is 19.8 Å². The first-order valence-corrected chi connectivity index (χ1v) is 3.78. The minimum absolute atomic E-state index is 0.337. The van der Waals surface area contributed by atoms with Crippen LogP contribution in [0.2, 0.25) is 0 Å². The highest BCUT2D eigenvalue weighted by Crippen LogP contribution is 2.13. The van der Waals surface area contributed by atoms with Crippen LogP contribution >= 0.6 is 0 Å². The van der Waals surface area contributed by atoms with E-state index in [-0.39, 0.29) is 0 Å². The van der Waals surface area contributed by atoms with Gasteiger partial charge in [-0.3, -0.25) is 0 Å². The van der Waals surface area contributed by atoms with E-state index in [0.717, 1.165) is 0 Å². The Hall–Kier alpha value is -1.45. The topological polar surface area (TPSA) is 39.2 Å². The SMILES string of the molecule is COC(=O)c1c(C)cc(F)nc1C. The molecule has 0 fully saturated rings. The molecule has 0 saturated heterocycles. The van der Waals surface area contributed by atoms with Gasteiger partial charge in [0, 0.05) is 0 Å². The molecule has 0 atom stereocenters. The second-order valence-electron chi connectivity index (χ2n) is 2.71. The maximum Gasteiger partial charge on any atom is 0.339 e. The summed E-state index contributed by atoms with van der Waals surface area (Å²) in [5, 5.41) is 0. The van der Waals surface area contributed by atoms with E-state index in [1.807, 2.05) is 0 Å². The van der Waals surface area contributed by atoms with Gasteiger partial charge in [-0.25, -0.2) is 9.78 Å². The number of hydrogen-bond donors (Lipinski definition) is 0. The Labute approximate surface area is 75.6 Å². The quantitative estimate of drug-likeness (QED) is 0.490. The number of halogens is 1. The predicted octanol–water partition coefficient (Wildman–Crippen LogP) is 1.62. The van der Waals surface area contributed by atoms with Crippen LogP contribution in [0.15, 0.2) is 6.07 Å². The van der Waals surface area contributed by atoms with Crippen molar-refractivity contribution in [3.05, 3.63) is 28.8 Å². The molecule has 0 amide bonds. The minimum Gasteiger partial charge on any atom is -0.465 e. The highest BCUT2D eigenvalue weighted by Gasteiger charge is 2.14. The maximum atomic E-state index is 12.7. The number of carbonyl (C=O) groups is 1. The largest absolute Gasteiger partial charge is 0.465 e. The van der Waals surface area contributed by atoms with Crippen LogP contribution in [0.25, 0.3) is 0 Å². The van der Waals surface area contributed by atoms with Crippen LogP contribution in [-0.4, -0.2) is 18.1 Å². The van der Waals surface area contributed by atoms with E-state index in [2.05, 4.69) is 9.72 Å². The fourth-order valence-electron chi connectivity index (χ4n) is 1.20. The molecular formula is C9H10FNO2. The highest BCUT2D eigenvalue weighted by molar-refractivity contribution is 5.91. The second-order valence-corrected chi connectivity index (χ2v) is 2.71. The number of aryl methyl sites for hydroxylation is 2. The molecule has 1 rings (SSSR count). The summed E-state index contributed by atoms with van der Waals surface area (Å²) >= 11 is 0. The molecule has 13 heavy (non-hydrogen) atoms. The third-order valence-electron chi connectivity index (χ3n) is 1.76. The molecule has 0 spiro atoms. The van der Waals surface area contributed by atoms with Gasteiger partial charge in [-0.2, -0.15) is 4.39 Å². The standard InChI is InChI=1S/C9H10FNO2/c1-5-4-7(10)11-6(2)8(5)9(12)13-3/h4H,1-3H3.